The predicted molar refractivity (Wildman–Crippen MR) is 67.2 cm³/mol. The normalized spacial score (nSPS) is 8.07. The van der Waals surface area contributed by atoms with Gasteiger partial charge in [-0.3, -0.25) is 0 Å². The van der Waals surface area contributed by atoms with E-state index in [-0.39, 0.29) is 0 Å². The van der Waals surface area contributed by atoms with Crippen LogP contribution in [0, 0.1) is 0 Å². The summed E-state index contributed by atoms with van der Waals surface area (Å²) in [6.45, 7) is 8.00. The Morgan fingerprint density at radius 1 is 0.929 bits per heavy atom. The summed E-state index contributed by atoms with van der Waals surface area (Å²) in [5.41, 5.74) is 1.22. The molecule has 14 heavy (non-hydrogen) atoms. The zero-order valence-corrected chi connectivity index (χ0v) is 10.0. The van der Waals surface area contributed by atoms with Gasteiger partial charge in [-0.25, -0.2) is 0 Å². The Hall–Kier alpha value is -1.24. The van der Waals surface area contributed by atoms with E-state index in [0.29, 0.717) is 0 Å². The van der Waals surface area contributed by atoms with Gasteiger partial charge in [0, 0.05) is 7.05 Å². The van der Waals surface area contributed by atoms with Crippen molar-refractivity contribution in [2.75, 3.05) is 7.05 Å². The average molecular weight is 193 g/mol. The van der Waals surface area contributed by atoms with E-state index in [1.54, 1.807) is 0 Å². The van der Waals surface area contributed by atoms with Crippen LogP contribution in [0.4, 0.5) is 0 Å². The molecule has 0 saturated carbocycles. The molecule has 0 aromatic heterocycles. The first-order valence-electron chi connectivity index (χ1n) is 5.32. The van der Waals surface area contributed by atoms with Crippen LogP contribution in [0.25, 0.3) is 6.08 Å². The molecule has 1 N–H and O–H groups in total. The maximum Gasteiger partial charge on any atom is 0.00277 e. The second-order valence-corrected chi connectivity index (χ2v) is 2.03. The van der Waals surface area contributed by atoms with E-state index in [2.05, 4.69) is 17.4 Å². The standard InChI is InChI=1S/C9H11N.2C2H6/c1-10-8-7-9-5-3-2-4-6-9;2*1-2/h2-8,10H,1H3;2*1-2H3/b8-7-;;. The van der Waals surface area contributed by atoms with Crippen molar-refractivity contribution >= 4 is 6.08 Å². The van der Waals surface area contributed by atoms with Crippen LogP contribution >= 0.6 is 0 Å². The quantitative estimate of drug-likeness (QED) is 0.750. The Morgan fingerprint density at radius 2 is 1.43 bits per heavy atom. The first kappa shape index (κ1) is 15.2. The summed E-state index contributed by atoms with van der Waals surface area (Å²) in [5, 5.41) is 2.94. The van der Waals surface area contributed by atoms with Crippen molar-refractivity contribution in [2.24, 2.45) is 0 Å². The highest BCUT2D eigenvalue weighted by Gasteiger charge is 1.78. The van der Waals surface area contributed by atoms with Crippen LogP contribution in [0.3, 0.4) is 0 Å². The lowest BCUT2D eigenvalue weighted by Gasteiger charge is -1.89. The van der Waals surface area contributed by atoms with Gasteiger partial charge in [-0.1, -0.05) is 58.0 Å². The van der Waals surface area contributed by atoms with Crippen molar-refractivity contribution < 1.29 is 0 Å². The summed E-state index contributed by atoms with van der Waals surface area (Å²) in [4.78, 5) is 0. The van der Waals surface area contributed by atoms with E-state index in [0.717, 1.165) is 0 Å². The molecule has 0 atom stereocenters. The fraction of sp³-hybridized carbons (Fsp3) is 0.385. The van der Waals surface area contributed by atoms with E-state index >= 15 is 0 Å². The van der Waals surface area contributed by atoms with Gasteiger partial charge in [0.15, 0.2) is 0 Å². The molecule has 0 aliphatic rings. The Bertz CT molecular complexity index is 202. The van der Waals surface area contributed by atoms with Crippen molar-refractivity contribution in [3.63, 3.8) is 0 Å². The molecule has 0 spiro atoms. The molecule has 0 aliphatic carbocycles. The third-order valence-electron chi connectivity index (χ3n) is 1.24. The van der Waals surface area contributed by atoms with Gasteiger partial charge in [-0.05, 0) is 17.8 Å². The van der Waals surface area contributed by atoms with Crippen LogP contribution in [-0.2, 0) is 0 Å². The maximum absolute atomic E-state index is 2.94. The predicted octanol–water partition coefficient (Wildman–Crippen LogP) is 3.93. The number of hydrogen-bond acceptors (Lipinski definition) is 1. The van der Waals surface area contributed by atoms with Crippen molar-refractivity contribution in [3.05, 3.63) is 42.1 Å². The molecule has 0 unspecified atom stereocenters. The monoisotopic (exact) mass is 193 g/mol. The second-order valence-electron chi connectivity index (χ2n) is 2.03. The third-order valence-corrected chi connectivity index (χ3v) is 1.24. The summed E-state index contributed by atoms with van der Waals surface area (Å²) in [6.07, 6.45) is 3.94. The van der Waals surface area contributed by atoms with E-state index in [1.807, 2.05) is 65.2 Å². The highest BCUT2D eigenvalue weighted by Crippen LogP contribution is 1.98. The fourth-order valence-electron chi connectivity index (χ4n) is 0.744. The summed E-state index contributed by atoms with van der Waals surface area (Å²) in [6, 6.07) is 10.2. The van der Waals surface area contributed by atoms with Crippen molar-refractivity contribution in [1.82, 2.24) is 5.32 Å². The lowest BCUT2D eigenvalue weighted by Crippen LogP contribution is -1.90. The van der Waals surface area contributed by atoms with Gasteiger partial charge in [0.05, 0.1) is 0 Å². The number of benzene rings is 1. The lowest BCUT2D eigenvalue weighted by molar-refractivity contribution is 1.11. The first-order chi connectivity index (χ1) is 6.93. The average Bonchev–Trinajstić information content (AvgIpc) is 2.33. The molecule has 0 radical (unpaired) electrons. The van der Waals surface area contributed by atoms with Gasteiger partial charge in [0.2, 0.25) is 0 Å². The molecule has 1 nitrogen and oxygen atoms in total. The molecule has 1 aromatic carbocycles. The van der Waals surface area contributed by atoms with E-state index in [9.17, 15) is 0 Å². The largest absolute Gasteiger partial charge is 0.394 e. The third kappa shape index (κ3) is 8.85. The molecular weight excluding hydrogens is 170 g/mol. The second kappa shape index (κ2) is 14.3. The molecule has 1 rings (SSSR count). The molecular formula is C13H23N. The Balaban J connectivity index is 0. The minimum atomic E-state index is 1.22. The van der Waals surface area contributed by atoms with E-state index in [4.69, 9.17) is 0 Å². The molecule has 0 amide bonds. The van der Waals surface area contributed by atoms with Crippen LogP contribution < -0.4 is 5.32 Å². The minimum Gasteiger partial charge on any atom is -0.394 e. The van der Waals surface area contributed by atoms with Gasteiger partial charge in [-0.2, -0.15) is 0 Å². The molecule has 1 heteroatoms. The molecule has 0 bridgehead atoms. The lowest BCUT2D eigenvalue weighted by atomic mass is 10.2. The van der Waals surface area contributed by atoms with Gasteiger partial charge >= 0.3 is 0 Å². The smallest absolute Gasteiger partial charge is 0.00277 e. The van der Waals surface area contributed by atoms with Gasteiger partial charge in [0.1, 0.15) is 0 Å². The van der Waals surface area contributed by atoms with Crippen molar-refractivity contribution in [1.29, 1.82) is 0 Å². The first-order valence-corrected chi connectivity index (χ1v) is 5.32. The van der Waals surface area contributed by atoms with Crippen LogP contribution in [0.15, 0.2) is 36.5 Å². The van der Waals surface area contributed by atoms with E-state index < -0.39 is 0 Å². The molecule has 80 valence electrons. The van der Waals surface area contributed by atoms with Crippen LogP contribution in [-0.4, -0.2) is 7.05 Å². The van der Waals surface area contributed by atoms with Crippen molar-refractivity contribution in [3.8, 4) is 0 Å². The maximum atomic E-state index is 2.94. The minimum absolute atomic E-state index is 1.22. The molecule has 0 aliphatic heterocycles. The summed E-state index contributed by atoms with van der Waals surface area (Å²) >= 11 is 0. The van der Waals surface area contributed by atoms with Gasteiger partial charge < -0.3 is 5.32 Å². The zero-order chi connectivity index (χ0) is 11.2. The van der Waals surface area contributed by atoms with Crippen LogP contribution in [0.5, 0.6) is 0 Å². The summed E-state index contributed by atoms with van der Waals surface area (Å²) in [5.74, 6) is 0. The SMILES string of the molecule is CC.CC.CN/C=C\c1ccccc1. The zero-order valence-electron chi connectivity index (χ0n) is 10.0. The molecule has 0 heterocycles. The highest BCUT2D eigenvalue weighted by atomic mass is 14.8. The fourth-order valence-corrected chi connectivity index (χ4v) is 0.744. The number of rotatable bonds is 2. The Labute approximate surface area is 88.9 Å². The molecule has 0 saturated heterocycles. The van der Waals surface area contributed by atoms with Gasteiger partial charge in [0.25, 0.3) is 0 Å². The number of nitrogens with one attached hydrogen (secondary N) is 1. The Kier molecular flexibility index (Phi) is 15.6. The van der Waals surface area contributed by atoms with E-state index in [1.165, 1.54) is 5.56 Å². The Morgan fingerprint density at radius 3 is 1.86 bits per heavy atom. The van der Waals surface area contributed by atoms with Crippen molar-refractivity contribution in [2.45, 2.75) is 27.7 Å². The van der Waals surface area contributed by atoms with Crippen LogP contribution in [0.2, 0.25) is 0 Å². The molecule has 0 fully saturated rings. The molecule has 1 aromatic rings. The van der Waals surface area contributed by atoms with Crippen LogP contribution in [0.1, 0.15) is 33.3 Å². The highest BCUT2D eigenvalue weighted by molar-refractivity contribution is 5.48. The summed E-state index contributed by atoms with van der Waals surface area (Å²) < 4.78 is 0. The summed E-state index contributed by atoms with van der Waals surface area (Å²) in [7, 11) is 1.89. The topological polar surface area (TPSA) is 12.0 Å². The number of hydrogen-bond donors (Lipinski definition) is 1. The van der Waals surface area contributed by atoms with Gasteiger partial charge in [-0.15, -0.1) is 0 Å².